The van der Waals surface area contributed by atoms with Crippen molar-refractivity contribution in [3.8, 4) is 0 Å². The molecule has 0 spiro atoms. The Labute approximate surface area is 532 Å². The van der Waals surface area contributed by atoms with Gasteiger partial charge in [-0.15, -0.1) is 0 Å². The van der Waals surface area contributed by atoms with E-state index in [1.165, 1.54) is 73.9 Å². The number of anilines is 2. The molecule has 6 aromatic carbocycles. The van der Waals surface area contributed by atoms with E-state index >= 15 is 8.78 Å². The van der Waals surface area contributed by atoms with Crippen molar-refractivity contribution in [3.05, 3.63) is 200 Å². The molecule has 0 aromatic heterocycles. The van der Waals surface area contributed by atoms with Crippen LogP contribution in [-0.2, 0) is 48.7 Å². The lowest BCUT2D eigenvalue weighted by Gasteiger charge is -2.50. The third kappa shape index (κ3) is 16.0. The molecular weight excluding hydrogens is 1260 g/mol. The van der Waals surface area contributed by atoms with Gasteiger partial charge in [0.15, 0.2) is 0 Å². The van der Waals surface area contributed by atoms with Gasteiger partial charge in [-0.1, -0.05) is 147 Å². The van der Waals surface area contributed by atoms with Crippen LogP contribution in [0.1, 0.15) is 115 Å². The molecule has 2 fully saturated rings. The van der Waals surface area contributed by atoms with E-state index in [1.807, 2.05) is 27.7 Å². The van der Waals surface area contributed by atoms with Crippen LogP contribution in [0.4, 0.5) is 20.2 Å². The lowest BCUT2D eigenvalue weighted by molar-refractivity contribution is -0.184. The summed E-state index contributed by atoms with van der Waals surface area (Å²) in [6.45, 7) is 12.7. The van der Waals surface area contributed by atoms with Crippen LogP contribution in [-0.4, -0.2) is 108 Å². The van der Waals surface area contributed by atoms with Gasteiger partial charge in [-0.3, -0.25) is 27.8 Å². The van der Waals surface area contributed by atoms with Crippen molar-refractivity contribution in [1.29, 1.82) is 0 Å². The first-order chi connectivity index (χ1) is 41.4. The zero-order valence-electron chi connectivity index (χ0n) is 49.5. The third-order valence-corrected chi connectivity index (χ3v) is 20.6. The topological polar surface area (TPSA) is 208 Å². The van der Waals surface area contributed by atoms with Crippen molar-refractivity contribution in [3.63, 3.8) is 0 Å². The van der Waals surface area contributed by atoms with E-state index in [2.05, 4.69) is 0 Å². The quantitative estimate of drug-likeness (QED) is 0.0651. The summed E-state index contributed by atoms with van der Waals surface area (Å²) < 4.78 is 100.0. The Morgan fingerprint density at radius 1 is 0.489 bits per heavy atom. The van der Waals surface area contributed by atoms with Crippen LogP contribution in [0.3, 0.4) is 0 Å². The second-order valence-corrected chi connectivity index (χ2v) is 29.2. The zero-order valence-corrected chi connectivity index (χ0v) is 54.1. The smallest absolute Gasteiger partial charge is 0.306 e. The molecule has 8 rings (SSSR count). The van der Waals surface area contributed by atoms with Crippen molar-refractivity contribution in [2.45, 2.75) is 127 Å². The highest BCUT2D eigenvalue weighted by atomic mass is 35.5. The summed E-state index contributed by atoms with van der Waals surface area (Å²) in [5, 5.41) is 19.4. The van der Waals surface area contributed by atoms with E-state index in [1.54, 1.807) is 109 Å². The predicted octanol–water partition coefficient (Wildman–Crippen LogP) is 13.8. The Balaban J connectivity index is 0.000000251. The molecule has 0 aliphatic carbocycles. The van der Waals surface area contributed by atoms with Gasteiger partial charge >= 0.3 is 11.9 Å². The molecule has 16 nitrogen and oxygen atoms in total. The number of nitrogens with zero attached hydrogens (tertiary/aromatic N) is 4. The molecule has 2 aliphatic rings. The van der Waals surface area contributed by atoms with Crippen molar-refractivity contribution < 1.29 is 64.5 Å². The van der Waals surface area contributed by atoms with Gasteiger partial charge in [0.2, 0.25) is 20.0 Å². The van der Waals surface area contributed by atoms with Gasteiger partial charge in [-0.25, -0.2) is 25.6 Å². The van der Waals surface area contributed by atoms with Crippen LogP contribution in [0.2, 0.25) is 20.1 Å². The van der Waals surface area contributed by atoms with Crippen LogP contribution in [0.5, 0.6) is 0 Å². The number of hydrogen-bond donors (Lipinski definition) is 2. The fraction of sp³-hybridized carbons (Fsp3) is 0.375. The molecule has 2 N–H and O–H groups in total. The highest BCUT2D eigenvalue weighted by molar-refractivity contribution is 7.93. The molecule has 2 amide bonds. The summed E-state index contributed by atoms with van der Waals surface area (Å²) in [5.41, 5.74) is 2.13. The second-order valence-electron chi connectivity index (χ2n) is 22.7. The van der Waals surface area contributed by atoms with E-state index in [0.29, 0.717) is 42.3 Å². The van der Waals surface area contributed by atoms with E-state index in [0.717, 1.165) is 8.61 Å². The summed E-state index contributed by atoms with van der Waals surface area (Å²) in [7, 11) is -8.19. The Morgan fingerprint density at radius 2 is 0.818 bits per heavy atom. The van der Waals surface area contributed by atoms with Gasteiger partial charge in [-0.2, -0.15) is 0 Å². The Bertz CT molecular complexity index is 3440. The monoisotopic (exact) mass is 1330 g/mol. The average Bonchev–Trinajstić information content (AvgIpc) is 0.845. The molecular formula is C64H70Cl4F2N4O12S2. The van der Waals surface area contributed by atoms with Crippen molar-refractivity contribution in [2.75, 3.05) is 21.7 Å². The van der Waals surface area contributed by atoms with Gasteiger partial charge in [0, 0.05) is 20.1 Å². The molecule has 0 saturated carbocycles. The molecule has 0 radical (unpaired) electrons. The molecule has 88 heavy (non-hydrogen) atoms. The van der Waals surface area contributed by atoms with Crippen molar-refractivity contribution in [2.24, 2.45) is 11.8 Å². The minimum absolute atomic E-state index is 0.149. The highest BCUT2D eigenvalue weighted by Gasteiger charge is 2.51. The first kappa shape index (κ1) is 69.1. The Kier molecular flexibility index (Phi) is 23.2. The molecule has 0 bridgehead atoms. The molecule has 2 saturated heterocycles. The number of ether oxygens (including phenoxy) is 2. The standard InChI is InChI=1S/2C32H35Cl2FN2O6S/c2*1-19(2)27(18-36(44(41,42)20(3)4)26-11-6-5-10-25(26)35)37-30(21-12-14-23(33)15-13-21)31(22-8-7-9-24(34)16-22)43-28(32(37)40)17-29(38)39/h2*5-16,19-20,27-28,30-31H,17-18H2,1-4H3,(H,38,39)/t27?,28-,30+,31+;27?,28-,30-,31-/m01/s1. The molecule has 8 atom stereocenters. The van der Waals surface area contributed by atoms with Gasteiger partial charge < -0.3 is 29.5 Å². The number of para-hydroxylation sites is 2. The maximum absolute atomic E-state index is 15.2. The minimum Gasteiger partial charge on any atom is -0.481 e. The molecule has 2 aliphatic heterocycles. The number of aliphatic carboxylic acids is 2. The normalized spacial score (nSPS) is 19.8. The number of benzene rings is 6. The number of rotatable bonds is 22. The summed E-state index contributed by atoms with van der Waals surface area (Å²) in [5.74, 6) is -5.93. The van der Waals surface area contributed by atoms with E-state index < -0.39 is 127 Å². The highest BCUT2D eigenvalue weighted by Crippen LogP contribution is 2.48. The lowest BCUT2D eigenvalue weighted by Crippen LogP contribution is -2.59. The van der Waals surface area contributed by atoms with Gasteiger partial charge in [-0.05, 0) is 135 Å². The van der Waals surface area contributed by atoms with Crippen LogP contribution < -0.4 is 8.61 Å². The SMILES string of the molecule is CC(C)C(CN(c1ccccc1F)S(=O)(=O)C(C)C)N1C(=O)[C@@H](CC(=O)O)O[C@H](c2cccc(Cl)c2)[C@H]1c1ccc(Cl)cc1.CC(C)C(CN(c1ccccc1F)S(=O)(=O)C(C)C)N1C(=O)[C@H](CC(=O)O)O[C@H](c2cccc(Cl)c2)[C@H]1c1ccc(Cl)cc1. The fourth-order valence-corrected chi connectivity index (χ4v) is 14.0. The Morgan fingerprint density at radius 3 is 1.10 bits per heavy atom. The lowest BCUT2D eigenvalue weighted by atomic mass is 9.88. The number of morpholine rings is 2. The number of hydrogen-bond acceptors (Lipinski definition) is 10. The number of carbonyl (C=O) groups excluding carboxylic acids is 2. The van der Waals surface area contributed by atoms with Crippen molar-refractivity contribution >= 4 is 102 Å². The molecule has 2 heterocycles. The Hall–Kier alpha value is -6.36. The van der Waals surface area contributed by atoms with Crippen molar-refractivity contribution in [1.82, 2.24) is 9.80 Å². The number of carboxylic acid groups (broad SMARTS) is 2. The molecule has 6 aromatic rings. The fourth-order valence-electron chi connectivity index (χ4n) is 10.8. The van der Waals surface area contributed by atoms with Crippen LogP contribution in [0, 0.1) is 23.5 Å². The molecule has 24 heteroatoms. The number of carbonyl (C=O) groups is 4. The summed E-state index contributed by atoms with van der Waals surface area (Å²) in [6.07, 6.45) is -5.78. The van der Waals surface area contributed by atoms with E-state index in [9.17, 15) is 46.2 Å². The summed E-state index contributed by atoms with van der Waals surface area (Å²) in [6, 6.07) is 35.1. The number of halogens is 6. The van der Waals surface area contributed by atoms with Crippen LogP contribution in [0.15, 0.2) is 146 Å². The first-order valence-electron chi connectivity index (χ1n) is 28.4. The number of carboxylic acids is 2. The average molecular weight is 1330 g/mol. The first-order valence-corrected chi connectivity index (χ1v) is 32.9. The van der Waals surface area contributed by atoms with Crippen LogP contribution >= 0.6 is 46.4 Å². The van der Waals surface area contributed by atoms with Crippen LogP contribution in [0.25, 0.3) is 0 Å². The van der Waals surface area contributed by atoms with Gasteiger partial charge in [0.1, 0.15) is 36.1 Å². The number of sulfonamides is 2. The van der Waals surface area contributed by atoms with E-state index in [-0.39, 0.29) is 36.3 Å². The molecule has 2 unspecified atom stereocenters. The summed E-state index contributed by atoms with van der Waals surface area (Å²) in [4.78, 5) is 55.5. The largest absolute Gasteiger partial charge is 0.481 e. The van der Waals surface area contributed by atoms with E-state index in [4.69, 9.17) is 55.9 Å². The molecule has 472 valence electrons. The maximum Gasteiger partial charge on any atom is 0.306 e. The predicted molar refractivity (Wildman–Crippen MR) is 338 cm³/mol. The van der Waals surface area contributed by atoms with Gasteiger partial charge in [0.05, 0.1) is 72.0 Å². The maximum atomic E-state index is 15.2. The second kappa shape index (κ2) is 29.5. The minimum atomic E-state index is -4.10. The summed E-state index contributed by atoms with van der Waals surface area (Å²) >= 11 is 25.1. The third-order valence-electron chi connectivity index (χ3n) is 15.4. The number of amides is 2. The van der Waals surface area contributed by atoms with Gasteiger partial charge in [0.25, 0.3) is 11.8 Å². The zero-order chi connectivity index (χ0) is 64.7.